The highest BCUT2D eigenvalue weighted by molar-refractivity contribution is 5.79. The van der Waals surface area contributed by atoms with Crippen molar-refractivity contribution in [3.63, 3.8) is 0 Å². The Morgan fingerprint density at radius 1 is 1.42 bits per heavy atom. The first-order valence-electron chi connectivity index (χ1n) is 6.03. The molecule has 2 rings (SSSR count). The minimum atomic E-state index is 0.0846. The van der Waals surface area contributed by atoms with Crippen LogP contribution in [0.4, 0.5) is 0 Å². The van der Waals surface area contributed by atoms with Crippen LogP contribution in [0.25, 0.3) is 0 Å². The number of hydrogen-bond acceptors (Lipinski definition) is 6. The van der Waals surface area contributed by atoms with E-state index in [0.29, 0.717) is 30.4 Å². The van der Waals surface area contributed by atoms with Gasteiger partial charge in [0, 0.05) is 25.1 Å². The molecule has 0 aromatic carbocycles. The molecule has 0 aliphatic carbocycles. The van der Waals surface area contributed by atoms with Gasteiger partial charge in [0.1, 0.15) is 5.78 Å². The Morgan fingerprint density at radius 2 is 2.26 bits per heavy atom. The van der Waals surface area contributed by atoms with Crippen molar-refractivity contribution >= 4 is 5.78 Å². The lowest BCUT2D eigenvalue weighted by molar-refractivity contribution is -0.118. The first kappa shape index (κ1) is 13.2. The maximum atomic E-state index is 11.3. The lowest BCUT2D eigenvalue weighted by Crippen LogP contribution is -2.00. The number of methoxy groups -OCH3 is 1. The van der Waals surface area contributed by atoms with Crippen molar-refractivity contribution in [1.29, 1.82) is 0 Å². The van der Waals surface area contributed by atoms with Gasteiger partial charge in [-0.15, -0.1) is 0 Å². The fourth-order valence-electron chi connectivity index (χ4n) is 1.55. The third-order valence-corrected chi connectivity index (χ3v) is 2.62. The van der Waals surface area contributed by atoms with Crippen molar-refractivity contribution in [3.8, 4) is 5.88 Å². The molecule has 0 N–H and O–H groups in total. The monoisotopic (exact) mass is 261 g/mol. The van der Waals surface area contributed by atoms with E-state index in [9.17, 15) is 4.79 Å². The van der Waals surface area contributed by atoms with Crippen LogP contribution >= 0.6 is 0 Å². The van der Waals surface area contributed by atoms with E-state index in [2.05, 4.69) is 15.1 Å². The summed E-state index contributed by atoms with van der Waals surface area (Å²) < 4.78 is 10.0. The molecule has 6 heteroatoms. The quantitative estimate of drug-likeness (QED) is 0.785. The zero-order chi connectivity index (χ0) is 13.7. The number of rotatable bonds is 6. The van der Waals surface area contributed by atoms with Crippen molar-refractivity contribution in [3.05, 3.63) is 35.6 Å². The summed E-state index contributed by atoms with van der Waals surface area (Å²) in [5.74, 6) is 1.56. The first-order valence-corrected chi connectivity index (χ1v) is 6.03. The fourth-order valence-corrected chi connectivity index (χ4v) is 1.55. The molecule has 0 saturated heterocycles. The zero-order valence-corrected chi connectivity index (χ0v) is 10.9. The van der Waals surface area contributed by atoms with E-state index >= 15 is 0 Å². The van der Waals surface area contributed by atoms with E-state index in [1.165, 1.54) is 0 Å². The van der Waals surface area contributed by atoms with Gasteiger partial charge in [0.25, 0.3) is 0 Å². The van der Waals surface area contributed by atoms with Crippen LogP contribution in [0.2, 0.25) is 0 Å². The normalized spacial score (nSPS) is 10.4. The maximum absolute atomic E-state index is 11.3. The molecular weight excluding hydrogens is 246 g/mol. The molecular formula is C13H15N3O3. The van der Waals surface area contributed by atoms with Crippen LogP contribution in [-0.4, -0.2) is 28.0 Å². The van der Waals surface area contributed by atoms with E-state index in [1.807, 2.05) is 13.0 Å². The smallest absolute Gasteiger partial charge is 0.234 e. The first-order chi connectivity index (χ1) is 9.21. The number of aromatic nitrogens is 3. The summed E-state index contributed by atoms with van der Waals surface area (Å²) in [5.41, 5.74) is 0.954. The second-order valence-electron chi connectivity index (χ2n) is 4.06. The topological polar surface area (TPSA) is 78.1 Å². The summed E-state index contributed by atoms with van der Waals surface area (Å²) in [6.07, 6.45) is 2.89. The van der Waals surface area contributed by atoms with Crippen LogP contribution in [-0.2, 0) is 17.6 Å². The minimum Gasteiger partial charge on any atom is -0.481 e. The number of carbonyl (C=O) groups is 1. The van der Waals surface area contributed by atoms with Gasteiger partial charge in [-0.2, -0.15) is 4.98 Å². The van der Waals surface area contributed by atoms with Gasteiger partial charge in [0.15, 0.2) is 5.82 Å². The van der Waals surface area contributed by atoms with Crippen molar-refractivity contribution in [2.45, 2.75) is 26.2 Å². The number of pyridine rings is 1. The fraction of sp³-hybridized carbons (Fsp3) is 0.385. The Morgan fingerprint density at radius 3 is 2.89 bits per heavy atom. The molecule has 6 nitrogen and oxygen atoms in total. The lowest BCUT2D eigenvalue weighted by Gasteiger charge is -1.99. The molecule has 0 spiro atoms. The van der Waals surface area contributed by atoms with E-state index in [4.69, 9.17) is 9.26 Å². The number of nitrogens with zero attached hydrogens (tertiary/aromatic N) is 3. The predicted octanol–water partition coefficient (Wildman–Crippen LogP) is 1.59. The highest BCUT2D eigenvalue weighted by atomic mass is 16.5. The molecule has 0 unspecified atom stereocenters. The summed E-state index contributed by atoms with van der Waals surface area (Å²) in [7, 11) is 1.57. The Balaban J connectivity index is 2.00. The average molecular weight is 261 g/mol. The molecule has 2 heterocycles. The highest BCUT2D eigenvalue weighted by Crippen LogP contribution is 2.10. The summed E-state index contributed by atoms with van der Waals surface area (Å²) in [5, 5.41) is 3.84. The maximum Gasteiger partial charge on any atom is 0.234 e. The number of ether oxygens (including phenoxy) is 1. The molecule has 0 fully saturated rings. The number of carbonyl (C=O) groups excluding carboxylic acids is 1. The van der Waals surface area contributed by atoms with Crippen molar-refractivity contribution in [1.82, 2.24) is 15.1 Å². The number of ketones is 1. The van der Waals surface area contributed by atoms with E-state index in [1.54, 1.807) is 19.4 Å². The second-order valence-corrected chi connectivity index (χ2v) is 4.06. The molecule has 2 aromatic heterocycles. The van der Waals surface area contributed by atoms with Crippen LogP contribution in [0.1, 0.15) is 30.6 Å². The third-order valence-electron chi connectivity index (χ3n) is 2.62. The molecule has 0 aliphatic heterocycles. The Labute approximate surface area is 110 Å². The number of hydrogen-bond donors (Lipinski definition) is 0. The Kier molecular flexibility index (Phi) is 4.22. The molecule has 2 aromatic rings. The van der Waals surface area contributed by atoms with Crippen LogP contribution in [0.3, 0.4) is 0 Å². The number of Topliss-reactive ketones (excluding diaryl/α,β-unsaturated/α-hetero) is 1. The lowest BCUT2D eigenvalue weighted by atomic mass is 10.2. The van der Waals surface area contributed by atoms with Crippen molar-refractivity contribution < 1.29 is 14.1 Å². The van der Waals surface area contributed by atoms with E-state index < -0.39 is 0 Å². The zero-order valence-electron chi connectivity index (χ0n) is 10.9. The predicted molar refractivity (Wildman–Crippen MR) is 66.9 cm³/mol. The summed E-state index contributed by atoms with van der Waals surface area (Å²) in [6, 6.07) is 3.66. The molecule has 0 radical (unpaired) electrons. The third kappa shape index (κ3) is 3.61. The molecule has 0 atom stereocenters. The van der Waals surface area contributed by atoms with Gasteiger partial charge in [0.2, 0.25) is 11.8 Å². The van der Waals surface area contributed by atoms with E-state index in [0.717, 1.165) is 5.56 Å². The molecule has 0 amide bonds. The van der Waals surface area contributed by atoms with Crippen LogP contribution in [0, 0.1) is 0 Å². The van der Waals surface area contributed by atoms with Gasteiger partial charge in [-0.1, -0.05) is 18.1 Å². The summed E-state index contributed by atoms with van der Waals surface area (Å²) >= 11 is 0. The molecule has 0 bridgehead atoms. The van der Waals surface area contributed by atoms with Gasteiger partial charge in [-0.25, -0.2) is 4.98 Å². The summed E-state index contributed by atoms with van der Waals surface area (Å²) in [6.45, 7) is 1.81. The SMILES string of the molecule is CCC(=O)Cc1nc(Cc2ccc(OC)nc2)no1. The highest BCUT2D eigenvalue weighted by Gasteiger charge is 2.10. The average Bonchev–Trinajstić information content (AvgIpc) is 2.86. The molecule has 0 aliphatic rings. The van der Waals surface area contributed by atoms with Gasteiger partial charge in [-0.3, -0.25) is 4.79 Å². The minimum absolute atomic E-state index is 0.0846. The summed E-state index contributed by atoms with van der Waals surface area (Å²) in [4.78, 5) is 19.5. The standard InChI is InChI=1S/C13H15N3O3/c1-3-10(17)7-13-15-11(16-19-13)6-9-4-5-12(18-2)14-8-9/h4-5,8H,3,6-7H2,1-2H3. The Hall–Kier alpha value is -2.24. The van der Waals surface area contributed by atoms with Gasteiger partial charge in [0.05, 0.1) is 13.5 Å². The molecule has 0 saturated carbocycles. The second kappa shape index (κ2) is 6.08. The largest absolute Gasteiger partial charge is 0.481 e. The van der Waals surface area contributed by atoms with Crippen molar-refractivity contribution in [2.24, 2.45) is 0 Å². The van der Waals surface area contributed by atoms with Gasteiger partial charge in [-0.05, 0) is 5.56 Å². The Bertz CT molecular complexity index is 549. The van der Waals surface area contributed by atoms with Crippen molar-refractivity contribution in [2.75, 3.05) is 7.11 Å². The van der Waals surface area contributed by atoms with Crippen LogP contribution < -0.4 is 4.74 Å². The van der Waals surface area contributed by atoms with E-state index in [-0.39, 0.29) is 12.2 Å². The molecule has 100 valence electrons. The molecule has 19 heavy (non-hydrogen) atoms. The van der Waals surface area contributed by atoms with Gasteiger partial charge >= 0.3 is 0 Å². The van der Waals surface area contributed by atoms with Crippen LogP contribution in [0.15, 0.2) is 22.9 Å². The van der Waals surface area contributed by atoms with Gasteiger partial charge < -0.3 is 9.26 Å². The van der Waals surface area contributed by atoms with Crippen LogP contribution in [0.5, 0.6) is 5.88 Å².